The zero-order valence-electron chi connectivity index (χ0n) is 21.1. The number of halogens is 2. The summed E-state index contributed by atoms with van der Waals surface area (Å²) in [6.07, 6.45) is 4.90. The van der Waals surface area contributed by atoms with Gasteiger partial charge in [0.25, 0.3) is 5.91 Å². The third kappa shape index (κ3) is 5.44. The lowest BCUT2D eigenvalue weighted by atomic mass is 9.94. The smallest absolute Gasteiger partial charge is 0.257 e. The van der Waals surface area contributed by atoms with E-state index in [0.717, 1.165) is 53.6 Å². The molecule has 2 aromatic heterocycles. The van der Waals surface area contributed by atoms with E-state index < -0.39 is 11.6 Å². The summed E-state index contributed by atoms with van der Waals surface area (Å²) in [5.74, 6) is -1.04. The summed E-state index contributed by atoms with van der Waals surface area (Å²) < 4.78 is 31.4. The Labute approximate surface area is 219 Å². The Bertz CT molecular complexity index is 1290. The SMILES string of the molecule is Cc1nsc2ncc(C(=O)N3CCC(C)CC3)c(N3CCC(C(=O)NCc4cc(F)cc(F)c4)CC3)c12. The number of piperidine rings is 2. The van der Waals surface area contributed by atoms with E-state index >= 15 is 0 Å². The van der Waals surface area contributed by atoms with Crippen molar-refractivity contribution >= 4 is 39.3 Å². The molecule has 1 N–H and O–H groups in total. The molecule has 0 bridgehead atoms. The molecule has 5 rings (SSSR count). The molecule has 7 nitrogen and oxygen atoms in total. The molecule has 0 aliphatic carbocycles. The van der Waals surface area contributed by atoms with Crippen LogP contribution in [0.2, 0.25) is 0 Å². The Hall–Kier alpha value is -3.14. The minimum atomic E-state index is -0.663. The summed E-state index contributed by atoms with van der Waals surface area (Å²) in [4.78, 5) is 35.9. The van der Waals surface area contributed by atoms with Crippen molar-refractivity contribution in [2.75, 3.05) is 31.1 Å². The Morgan fingerprint density at radius 1 is 1.05 bits per heavy atom. The lowest BCUT2D eigenvalue weighted by molar-refractivity contribution is -0.125. The van der Waals surface area contributed by atoms with Gasteiger partial charge in [0, 0.05) is 50.9 Å². The highest BCUT2D eigenvalue weighted by Crippen LogP contribution is 2.37. The van der Waals surface area contributed by atoms with Crippen LogP contribution >= 0.6 is 11.5 Å². The van der Waals surface area contributed by atoms with Crippen molar-refractivity contribution < 1.29 is 18.4 Å². The first-order valence-electron chi connectivity index (χ1n) is 12.8. The summed E-state index contributed by atoms with van der Waals surface area (Å²) in [6, 6.07) is 3.26. The number of fused-ring (bicyclic) bond motifs is 1. The molecule has 0 atom stereocenters. The van der Waals surface area contributed by atoms with E-state index in [1.807, 2.05) is 11.8 Å². The number of carbonyl (C=O) groups excluding carboxylic acids is 2. The van der Waals surface area contributed by atoms with Crippen LogP contribution in [0.25, 0.3) is 10.2 Å². The van der Waals surface area contributed by atoms with Crippen molar-refractivity contribution in [3.05, 3.63) is 52.9 Å². The van der Waals surface area contributed by atoms with Gasteiger partial charge in [-0.1, -0.05) is 6.92 Å². The number of hydrogen-bond acceptors (Lipinski definition) is 6. The second-order valence-electron chi connectivity index (χ2n) is 10.2. The van der Waals surface area contributed by atoms with Crippen molar-refractivity contribution in [3.8, 4) is 0 Å². The molecule has 4 heterocycles. The van der Waals surface area contributed by atoms with E-state index in [1.165, 1.54) is 23.7 Å². The quantitative estimate of drug-likeness (QED) is 0.521. The number of carbonyl (C=O) groups is 2. The molecule has 0 spiro atoms. The number of hydrogen-bond donors (Lipinski definition) is 1. The van der Waals surface area contributed by atoms with Crippen molar-refractivity contribution in [1.82, 2.24) is 19.6 Å². The first kappa shape index (κ1) is 25.5. The molecule has 10 heteroatoms. The fourth-order valence-corrected chi connectivity index (χ4v) is 6.07. The molecule has 37 heavy (non-hydrogen) atoms. The van der Waals surface area contributed by atoms with Crippen LogP contribution in [0.3, 0.4) is 0 Å². The second-order valence-corrected chi connectivity index (χ2v) is 11.0. The van der Waals surface area contributed by atoms with Gasteiger partial charge in [-0.15, -0.1) is 0 Å². The molecule has 2 fully saturated rings. The van der Waals surface area contributed by atoms with Gasteiger partial charge in [-0.05, 0) is 67.8 Å². The van der Waals surface area contributed by atoms with Gasteiger partial charge in [0.1, 0.15) is 16.5 Å². The maximum atomic E-state index is 13.6. The van der Waals surface area contributed by atoms with Crippen LogP contribution in [-0.2, 0) is 11.3 Å². The van der Waals surface area contributed by atoms with E-state index in [1.54, 1.807) is 6.20 Å². The summed E-state index contributed by atoms with van der Waals surface area (Å²) in [7, 11) is 0. The van der Waals surface area contributed by atoms with Gasteiger partial charge >= 0.3 is 0 Å². The van der Waals surface area contributed by atoms with Crippen LogP contribution in [0.15, 0.2) is 24.4 Å². The monoisotopic (exact) mass is 527 g/mol. The van der Waals surface area contributed by atoms with Crippen molar-refractivity contribution in [2.45, 2.75) is 46.1 Å². The molecule has 1 aromatic carbocycles. The number of aryl methyl sites for hydroxylation is 1. The molecule has 0 saturated carbocycles. The van der Waals surface area contributed by atoms with Gasteiger partial charge < -0.3 is 15.1 Å². The molecule has 2 aliphatic heterocycles. The van der Waals surface area contributed by atoms with Crippen molar-refractivity contribution in [3.63, 3.8) is 0 Å². The summed E-state index contributed by atoms with van der Waals surface area (Å²) in [6.45, 7) is 6.95. The Morgan fingerprint density at radius 2 is 1.73 bits per heavy atom. The minimum Gasteiger partial charge on any atom is -0.370 e. The number of nitrogens with zero attached hydrogens (tertiary/aromatic N) is 4. The summed E-state index contributed by atoms with van der Waals surface area (Å²) in [5.41, 5.74) is 2.71. The van der Waals surface area contributed by atoms with Crippen LogP contribution in [-0.4, -0.2) is 52.3 Å². The molecule has 3 aromatic rings. The van der Waals surface area contributed by atoms with E-state index in [9.17, 15) is 18.4 Å². The molecule has 0 unspecified atom stereocenters. The first-order chi connectivity index (χ1) is 17.8. The number of aromatic nitrogens is 2. The highest BCUT2D eigenvalue weighted by molar-refractivity contribution is 7.13. The fourth-order valence-electron chi connectivity index (χ4n) is 5.32. The highest BCUT2D eigenvalue weighted by Gasteiger charge is 2.31. The van der Waals surface area contributed by atoms with Crippen molar-refractivity contribution in [2.24, 2.45) is 11.8 Å². The normalized spacial score (nSPS) is 17.4. The number of rotatable bonds is 5. The topological polar surface area (TPSA) is 78.4 Å². The van der Waals surface area contributed by atoms with Crippen molar-refractivity contribution in [1.29, 1.82) is 0 Å². The number of pyridine rings is 1. The average molecular weight is 528 g/mol. The Balaban J connectivity index is 1.31. The van der Waals surface area contributed by atoms with E-state index in [2.05, 4.69) is 26.5 Å². The van der Waals surface area contributed by atoms with E-state index in [0.29, 0.717) is 43.0 Å². The molecule has 0 radical (unpaired) electrons. The van der Waals surface area contributed by atoms with Gasteiger partial charge in [0.2, 0.25) is 5.91 Å². The number of amides is 2. The zero-order chi connectivity index (χ0) is 26.1. The molecule has 2 amide bonds. The first-order valence-corrected chi connectivity index (χ1v) is 13.6. The minimum absolute atomic E-state index is 0.00379. The Kier molecular flexibility index (Phi) is 7.37. The lowest BCUT2D eigenvalue weighted by Crippen LogP contribution is -2.42. The largest absolute Gasteiger partial charge is 0.370 e. The average Bonchev–Trinajstić information content (AvgIpc) is 3.27. The number of anilines is 1. The highest BCUT2D eigenvalue weighted by atomic mass is 32.1. The zero-order valence-corrected chi connectivity index (χ0v) is 21.9. The predicted molar refractivity (Wildman–Crippen MR) is 140 cm³/mol. The standard InChI is InChI=1S/C27H31F2N5O2S/c1-16-3-7-34(8-4-16)27(36)22-15-31-26-23(17(2)32-37-26)24(22)33-9-5-19(6-10-33)25(35)30-14-18-11-20(28)13-21(29)12-18/h11-13,15-16,19H,3-10,14H2,1-2H3,(H,30,35). The molecular formula is C27H31F2N5O2S. The summed E-state index contributed by atoms with van der Waals surface area (Å²) >= 11 is 1.33. The summed E-state index contributed by atoms with van der Waals surface area (Å²) in [5, 5.41) is 3.73. The maximum Gasteiger partial charge on any atom is 0.257 e. The molecule has 196 valence electrons. The predicted octanol–water partition coefficient (Wildman–Crippen LogP) is 4.68. The lowest BCUT2D eigenvalue weighted by Gasteiger charge is -2.36. The van der Waals surface area contributed by atoms with Crippen LogP contribution in [0.1, 0.15) is 54.2 Å². The molecule has 2 aliphatic rings. The molecular weight excluding hydrogens is 496 g/mol. The number of nitrogens with one attached hydrogen (secondary N) is 1. The number of benzene rings is 1. The second kappa shape index (κ2) is 10.7. The van der Waals surface area contributed by atoms with Gasteiger partial charge in [0.15, 0.2) is 0 Å². The van der Waals surface area contributed by atoms with Gasteiger partial charge in [-0.2, -0.15) is 4.37 Å². The molecule has 2 saturated heterocycles. The third-order valence-electron chi connectivity index (χ3n) is 7.52. The van der Waals surface area contributed by atoms with Gasteiger partial charge in [0.05, 0.1) is 22.3 Å². The Morgan fingerprint density at radius 3 is 2.41 bits per heavy atom. The number of likely N-dealkylation sites (tertiary alicyclic amines) is 1. The van der Waals surface area contributed by atoms with E-state index in [-0.39, 0.29) is 24.3 Å². The van der Waals surface area contributed by atoms with Crippen LogP contribution < -0.4 is 10.2 Å². The fraction of sp³-hybridized carbons (Fsp3) is 0.481. The van der Waals surface area contributed by atoms with E-state index in [4.69, 9.17) is 0 Å². The van der Waals surface area contributed by atoms with Crippen LogP contribution in [0.4, 0.5) is 14.5 Å². The van der Waals surface area contributed by atoms with Crippen LogP contribution in [0.5, 0.6) is 0 Å². The van der Waals surface area contributed by atoms with Gasteiger partial charge in [-0.25, -0.2) is 13.8 Å². The maximum absolute atomic E-state index is 13.6. The third-order valence-corrected chi connectivity index (χ3v) is 8.37. The van der Waals surface area contributed by atoms with Gasteiger partial charge in [-0.3, -0.25) is 9.59 Å². The van der Waals surface area contributed by atoms with Crippen LogP contribution in [0, 0.1) is 30.4 Å².